The Morgan fingerprint density at radius 3 is 2.61 bits per heavy atom. The van der Waals surface area contributed by atoms with Crippen molar-refractivity contribution in [3.05, 3.63) is 30.0 Å². The SMILES string of the molecule is CC(C)n1cc2c(C(C)(C)C(=O)O)cccc2n1. The molecule has 0 radical (unpaired) electrons. The normalized spacial score (nSPS) is 12.3. The Balaban J connectivity index is 2.69. The quantitative estimate of drug-likeness (QED) is 0.905. The molecule has 0 amide bonds. The molecule has 0 spiro atoms. The van der Waals surface area contributed by atoms with E-state index in [1.165, 1.54) is 0 Å². The maximum Gasteiger partial charge on any atom is 0.313 e. The lowest BCUT2D eigenvalue weighted by Crippen LogP contribution is -2.28. The molecule has 0 aliphatic carbocycles. The number of aliphatic carboxylic acids is 1. The molecule has 0 saturated heterocycles. The van der Waals surface area contributed by atoms with Crippen LogP contribution < -0.4 is 0 Å². The van der Waals surface area contributed by atoms with Gasteiger partial charge in [-0.3, -0.25) is 9.48 Å². The second kappa shape index (κ2) is 4.12. The molecule has 0 saturated carbocycles. The van der Waals surface area contributed by atoms with Gasteiger partial charge in [-0.2, -0.15) is 5.10 Å². The largest absolute Gasteiger partial charge is 0.481 e. The minimum atomic E-state index is -0.912. The van der Waals surface area contributed by atoms with E-state index in [1.54, 1.807) is 13.8 Å². The summed E-state index contributed by atoms with van der Waals surface area (Å²) in [6.07, 6.45) is 1.93. The summed E-state index contributed by atoms with van der Waals surface area (Å²) in [4.78, 5) is 11.4. The highest BCUT2D eigenvalue weighted by Crippen LogP contribution is 2.30. The Hall–Kier alpha value is -1.84. The molecule has 96 valence electrons. The molecule has 4 heteroatoms. The number of benzene rings is 1. The molecule has 1 aromatic carbocycles. The highest BCUT2D eigenvalue weighted by atomic mass is 16.4. The van der Waals surface area contributed by atoms with Crippen molar-refractivity contribution in [3.8, 4) is 0 Å². The molecule has 18 heavy (non-hydrogen) atoms. The fraction of sp³-hybridized carbons (Fsp3) is 0.429. The Morgan fingerprint density at radius 2 is 2.06 bits per heavy atom. The fourth-order valence-corrected chi connectivity index (χ4v) is 1.99. The lowest BCUT2D eigenvalue weighted by Gasteiger charge is -2.20. The van der Waals surface area contributed by atoms with Crippen LogP contribution in [0.3, 0.4) is 0 Å². The van der Waals surface area contributed by atoms with E-state index in [-0.39, 0.29) is 6.04 Å². The minimum Gasteiger partial charge on any atom is -0.481 e. The molecular weight excluding hydrogens is 228 g/mol. The van der Waals surface area contributed by atoms with Crippen molar-refractivity contribution in [2.75, 3.05) is 0 Å². The first-order valence-corrected chi connectivity index (χ1v) is 6.06. The highest BCUT2D eigenvalue weighted by molar-refractivity contribution is 5.90. The first-order chi connectivity index (χ1) is 8.34. The van der Waals surface area contributed by atoms with Crippen molar-refractivity contribution in [2.45, 2.75) is 39.2 Å². The van der Waals surface area contributed by atoms with Gasteiger partial charge in [-0.25, -0.2) is 0 Å². The number of nitrogens with zero attached hydrogens (tertiary/aromatic N) is 2. The topological polar surface area (TPSA) is 55.1 Å². The monoisotopic (exact) mass is 246 g/mol. The Labute approximate surface area is 106 Å². The van der Waals surface area contributed by atoms with Crippen LogP contribution >= 0.6 is 0 Å². The summed E-state index contributed by atoms with van der Waals surface area (Å²) >= 11 is 0. The van der Waals surface area contributed by atoms with Crippen LogP contribution in [0.25, 0.3) is 10.9 Å². The van der Waals surface area contributed by atoms with Crippen molar-refractivity contribution in [3.63, 3.8) is 0 Å². The molecule has 0 atom stereocenters. The zero-order valence-corrected chi connectivity index (χ0v) is 11.1. The lowest BCUT2D eigenvalue weighted by molar-refractivity contribution is -0.142. The number of hydrogen-bond acceptors (Lipinski definition) is 2. The summed E-state index contributed by atoms with van der Waals surface area (Å²) in [5.74, 6) is -0.827. The fourth-order valence-electron chi connectivity index (χ4n) is 1.99. The second-order valence-corrected chi connectivity index (χ2v) is 5.37. The Bertz CT molecular complexity index is 597. The molecule has 2 rings (SSSR count). The molecule has 0 bridgehead atoms. The zero-order chi connectivity index (χ0) is 13.5. The van der Waals surface area contributed by atoms with Gasteiger partial charge in [0, 0.05) is 17.6 Å². The number of aromatic nitrogens is 2. The lowest BCUT2D eigenvalue weighted by atomic mass is 9.83. The number of carbonyl (C=O) groups is 1. The first-order valence-electron chi connectivity index (χ1n) is 6.06. The number of fused-ring (bicyclic) bond motifs is 1. The van der Waals surface area contributed by atoms with Gasteiger partial charge in [0.25, 0.3) is 0 Å². The van der Waals surface area contributed by atoms with E-state index in [4.69, 9.17) is 0 Å². The molecule has 0 aliphatic heterocycles. The maximum atomic E-state index is 11.4. The summed E-state index contributed by atoms with van der Waals surface area (Å²) in [5.41, 5.74) is 0.736. The van der Waals surface area contributed by atoms with Gasteiger partial charge in [0.05, 0.1) is 10.9 Å². The third kappa shape index (κ3) is 1.88. The van der Waals surface area contributed by atoms with Crippen molar-refractivity contribution in [1.82, 2.24) is 9.78 Å². The van der Waals surface area contributed by atoms with E-state index >= 15 is 0 Å². The molecule has 4 nitrogen and oxygen atoms in total. The molecule has 1 N–H and O–H groups in total. The maximum absolute atomic E-state index is 11.4. The molecular formula is C14H18N2O2. The Kier molecular flexibility index (Phi) is 2.89. The van der Waals surface area contributed by atoms with Crippen LogP contribution in [0.5, 0.6) is 0 Å². The number of carboxylic acids is 1. The van der Waals surface area contributed by atoms with Crippen LogP contribution in [0.1, 0.15) is 39.3 Å². The molecule has 1 aromatic heterocycles. The van der Waals surface area contributed by atoms with Gasteiger partial charge in [0.1, 0.15) is 0 Å². The van der Waals surface area contributed by atoms with Crippen LogP contribution in [0, 0.1) is 0 Å². The van der Waals surface area contributed by atoms with E-state index in [1.807, 2.05) is 42.9 Å². The molecule has 0 fully saturated rings. The third-order valence-electron chi connectivity index (χ3n) is 3.30. The average Bonchev–Trinajstić information content (AvgIpc) is 2.71. The summed E-state index contributed by atoms with van der Waals surface area (Å²) in [5, 5.41) is 14.7. The number of hydrogen-bond donors (Lipinski definition) is 1. The van der Waals surface area contributed by atoms with Crippen LogP contribution in [0.2, 0.25) is 0 Å². The number of rotatable bonds is 3. The summed E-state index contributed by atoms with van der Waals surface area (Å²) in [6.45, 7) is 7.54. The average molecular weight is 246 g/mol. The van der Waals surface area contributed by atoms with Crippen LogP contribution in [0.15, 0.2) is 24.4 Å². The van der Waals surface area contributed by atoms with Crippen LogP contribution in [-0.4, -0.2) is 20.9 Å². The van der Waals surface area contributed by atoms with E-state index < -0.39 is 11.4 Å². The predicted molar refractivity (Wildman–Crippen MR) is 70.8 cm³/mol. The number of carboxylic acid groups (broad SMARTS) is 1. The van der Waals surface area contributed by atoms with Crippen molar-refractivity contribution < 1.29 is 9.90 Å². The first kappa shape index (κ1) is 12.6. The van der Waals surface area contributed by atoms with Crippen molar-refractivity contribution >= 4 is 16.9 Å². The summed E-state index contributed by atoms with van der Waals surface area (Å²) < 4.78 is 1.87. The smallest absolute Gasteiger partial charge is 0.313 e. The van der Waals surface area contributed by atoms with Crippen LogP contribution in [0.4, 0.5) is 0 Å². The van der Waals surface area contributed by atoms with Gasteiger partial charge >= 0.3 is 5.97 Å². The molecule has 0 unspecified atom stereocenters. The predicted octanol–water partition coefficient (Wildman–Crippen LogP) is 2.98. The van der Waals surface area contributed by atoms with Gasteiger partial charge in [-0.1, -0.05) is 12.1 Å². The van der Waals surface area contributed by atoms with E-state index in [0.717, 1.165) is 16.5 Å². The minimum absolute atomic E-state index is 0.262. The standard InChI is InChI=1S/C14H18N2O2/c1-9(2)16-8-10-11(14(3,4)13(17)18)6-5-7-12(10)15-16/h5-9H,1-4H3,(H,17,18). The Morgan fingerprint density at radius 1 is 1.39 bits per heavy atom. The summed E-state index contributed by atoms with van der Waals surface area (Å²) in [7, 11) is 0. The third-order valence-corrected chi connectivity index (χ3v) is 3.30. The van der Waals surface area contributed by atoms with E-state index in [2.05, 4.69) is 5.10 Å². The van der Waals surface area contributed by atoms with Gasteiger partial charge in [0.15, 0.2) is 0 Å². The van der Waals surface area contributed by atoms with Gasteiger partial charge in [-0.05, 0) is 39.3 Å². The van der Waals surface area contributed by atoms with Gasteiger partial charge < -0.3 is 5.11 Å². The molecule has 2 aromatic rings. The van der Waals surface area contributed by atoms with Gasteiger partial charge in [-0.15, -0.1) is 0 Å². The molecule has 1 heterocycles. The van der Waals surface area contributed by atoms with E-state index in [0.29, 0.717) is 0 Å². The second-order valence-electron chi connectivity index (χ2n) is 5.37. The zero-order valence-electron chi connectivity index (χ0n) is 11.1. The van der Waals surface area contributed by atoms with Gasteiger partial charge in [0.2, 0.25) is 0 Å². The van der Waals surface area contributed by atoms with Crippen molar-refractivity contribution in [2.24, 2.45) is 0 Å². The van der Waals surface area contributed by atoms with E-state index in [9.17, 15) is 9.90 Å². The van der Waals surface area contributed by atoms with Crippen LogP contribution in [-0.2, 0) is 10.2 Å². The highest BCUT2D eigenvalue weighted by Gasteiger charge is 2.31. The molecule has 0 aliphatic rings. The summed E-state index contributed by atoms with van der Waals surface area (Å²) in [6, 6.07) is 5.90. The van der Waals surface area contributed by atoms with Crippen molar-refractivity contribution in [1.29, 1.82) is 0 Å².